The number of halogens is 2. The van der Waals surface area contributed by atoms with Gasteiger partial charge in [0, 0.05) is 29.7 Å². The minimum atomic E-state index is -3.96. The molecule has 11 heteroatoms. The molecule has 2 aromatic heterocycles. The molecule has 0 spiro atoms. The average Bonchev–Trinajstić information content (AvgIpc) is 3.27. The first-order chi connectivity index (χ1) is 14.9. The molecule has 0 aliphatic heterocycles. The third-order valence-corrected chi connectivity index (χ3v) is 5.31. The highest BCUT2D eigenvalue weighted by Gasteiger charge is 2.16. The van der Waals surface area contributed by atoms with Crippen molar-refractivity contribution in [3.63, 3.8) is 0 Å². The Bertz CT molecular complexity index is 1300. The number of anilines is 1. The normalized spacial score (nSPS) is 11.3. The summed E-state index contributed by atoms with van der Waals surface area (Å²) in [4.78, 5) is 8.14. The van der Waals surface area contributed by atoms with Gasteiger partial charge in [-0.05, 0) is 48.5 Å². The number of sulfonamides is 1. The molecule has 4 aromatic rings. The van der Waals surface area contributed by atoms with E-state index < -0.39 is 27.4 Å². The molecule has 0 fully saturated rings. The summed E-state index contributed by atoms with van der Waals surface area (Å²) in [5, 5.41) is 4.08. The Labute approximate surface area is 176 Å². The number of hydrogen-bond acceptors (Lipinski definition) is 6. The molecule has 0 aliphatic rings. The second-order valence-electron chi connectivity index (χ2n) is 6.39. The zero-order chi connectivity index (χ0) is 21.8. The van der Waals surface area contributed by atoms with Crippen LogP contribution in [0, 0.1) is 11.6 Å². The lowest BCUT2D eigenvalue weighted by atomic mass is 10.2. The number of benzene rings is 2. The van der Waals surface area contributed by atoms with Gasteiger partial charge in [-0.3, -0.25) is 4.72 Å². The highest BCUT2D eigenvalue weighted by Crippen LogP contribution is 2.23. The summed E-state index contributed by atoms with van der Waals surface area (Å²) >= 11 is 0. The number of ether oxygens (including phenoxy) is 1. The summed E-state index contributed by atoms with van der Waals surface area (Å²) in [5.41, 5.74) is -0.0201. The van der Waals surface area contributed by atoms with E-state index in [1.807, 2.05) is 0 Å². The predicted octanol–water partition coefficient (Wildman–Crippen LogP) is 3.67. The van der Waals surface area contributed by atoms with E-state index in [0.717, 1.165) is 18.2 Å². The van der Waals surface area contributed by atoms with Crippen LogP contribution in [-0.4, -0.2) is 28.2 Å². The van der Waals surface area contributed by atoms with Gasteiger partial charge in [0.1, 0.15) is 23.7 Å². The van der Waals surface area contributed by atoms with Gasteiger partial charge >= 0.3 is 0 Å². The monoisotopic (exact) mass is 443 g/mol. The van der Waals surface area contributed by atoms with Crippen LogP contribution in [-0.2, 0) is 15.8 Å². The molecular formula is C20H15F2N5O3S. The molecule has 0 saturated carbocycles. The SMILES string of the molecule is O=S(=O)(Cc1cc(F)ccc1F)Nc1ccc(Oc2cc(-n3cccn3)ncn2)cc1. The second-order valence-corrected chi connectivity index (χ2v) is 8.11. The fourth-order valence-corrected chi connectivity index (χ4v) is 3.90. The first-order valence-corrected chi connectivity index (χ1v) is 10.6. The zero-order valence-electron chi connectivity index (χ0n) is 15.8. The predicted molar refractivity (Wildman–Crippen MR) is 108 cm³/mol. The summed E-state index contributed by atoms with van der Waals surface area (Å²) in [6.45, 7) is 0. The van der Waals surface area contributed by atoms with Crippen LogP contribution >= 0.6 is 0 Å². The van der Waals surface area contributed by atoms with Gasteiger partial charge in [-0.25, -0.2) is 31.8 Å². The van der Waals surface area contributed by atoms with Gasteiger partial charge in [-0.2, -0.15) is 5.10 Å². The Kier molecular flexibility index (Phi) is 5.58. The van der Waals surface area contributed by atoms with Crippen molar-refractivity contribution in [2.24, 2.45) is 0 Å². The van der Waals surface area contributed by atoms with Gasteiger partial charge in [0.2, 0.25) is 15.9 Å². The van der Waals surface area contributed by atoms with Crippen LogP contribution in [0.4, 0.5) is 14.5 Å². The van der Waals surface area contributed by atoms with E-state index in [1.165, 1.54) is 30.6 Å². The van der Waals surface area contributed by atoms with Crippen molar-refractivity contribution in [3.8, 4) is 17.4 Å². The summed E-state index contributed by atoms with van der Waals surface area (Å²) in [5.74, 6) is -1.02. The molecule has 0 aliphatic carbocycles. The van der Waals surface area contributed by atoms with Gasteiger partial charge in [-0.1, -0.05) is 0 Å². The quantitative estimate of drug-likeness (QED) is 0.468. The van der Waals surface area contributed by atoms with Gasteiger partial charge in [0.05, 0.1) is 5.75 Å². The Morgan fingerprint density at radius 2 is 1.84 bits per heavy atom. The molecule has 0 unspecified atom stereocenters. The van der Waals surface area contributed by atoms with Crippen molar-refractivity contribution in [1.82, 2.24) is 19.7 Å². The molecule has 0 amide bonds. The Hall–Kier alpha value is -3.86. The van der Waals surface area contributed by atoms with Crippen LogP contribution in [0.2, 0.25) is 0 Å². The minimum Gasteiger partial charge on any atom is -0.439 e. The van der Waals surface area contributed by atoms with E-state index in [1.54, 1.807) is 29.2 Å². The summed E-state index contributed by atoms with van der Waals surface area (Å²) in [7, 11) is -3.96. The van der Waals surface area contributed by atoms with Crippen LogP contribution in [0.1, 0.15) is 5.56 Å². The van der Waals surface area contributed by atoms with E-state index in [9.17, 15) is 17.2 Å². The molecule has 31 heavy (non-hydrogen) atoms. The maximum absolute atomic E-state index is 13.7. The molecule has 2 aromatic carbocycles. The maximum atomic E-state index is 13.7. The second kappa shape index (κ2) is 8.48. The Balaban J connectivity index is 1.43. The summed E-state index contributed by atoms with van der Waals surface area (Å²) in [6, 6.07) is 12.0. The topological polar surface area (TPSA) is 99.0 Å². The van der Waals surface area contributed by atoms with Crippen LogP contribution in [0.3, 0.4) is 0 Å². The number of rotatable bonds is 7. The van der Waals surface area contributed by atoms with Crippen LogP contribution in [0.5, 0.6) is 11.6 Å². The van der Waals surface area contributed by atoms with Crippen molar-refractivity contribution < 1.29 is 21.9 Å². The summed E-state index contributed by atoms with van der Waals surface area (Å²) < 4.78 is 61.1. The van der Waals surface area contributed by atoms with Crippen molar-refractivity contribution in [1.29, 1.82) is 0 Å². The molecule has 0 saturated heterocycles. The van der Waals surface area contributed by atoms with Gasteiger partial charge in [0.25, 0.3) is 0 Å². The van der Waals surface area contributed by atoms with Gasteiger partial charge < -0.3 is 4.74 Å². The molecule has 158 valence electrons. The van der Waals surface area contributed by atoms with Crippen molar-refractivity contribution >= 4 is 15.7 Å². The number of hydrogen-bond donors (Lipinski definition) is 1. The minimum absolute atomic E-state index is 0.240. The van der Waals surface area contributed by atoms with Crippen LogP contribution in [0.15, 0.2) is 73.3 Å². The molecule has 1 N–H and O–H groups in total. The molecule has 0 bridgehead atoms. The standard InChI is InChI=1S/C20H15F2N5O3S/c21-15-2-7-18(22)14(10-15)12-31(28,29)26-16-3-5-17(6-4-16)30-20-11-19(23-13-24-20)27-9-1-8-25-27/h1-11,13,26H,12H2. The van der Waals surface area contributed by atoms with Crippen molar-refractivity contribution in [2.45, 2.75) is 5.75 Å². The molecular weight excluding hydrogens is 428 g/mol. The van der Waals surface area contributed by atoms with Gasteiger partial charge in [0.15, 0.2) is 5.82 Å². The van der Waals surface area contributed by atoms with E-state index in [2.05, 4.69) is 19.8 Å². The van der Waals surface area contributed by atoms with Gasteiger partial charge in [-0.15, -0.1) is 0 Å². The van der Waals surface area contributed by atoms with E-state index >= 15 is 0 Å². The third-order valence-electron chi connectivity index (χ3n) is 4.07. The van der Waals surface area contributed by atoms with Crippen molar-refractivity contribution in [2.75, 3.05) is 4.72 Å². The molecule has 4 rings (SSSR count). The zero-order valence-corrected chi connectivity index (χ0v) is 16.6. The fourth-order valence-electron chi connectivity index (χ4n) is 2.70. The smallest absolute Gasteiger partial charge is 0.237 e. The van der Waals surface area contributed by atoms with E-state index in [0.29, 0.717) is 11.6 Å². The lowest BCUT2D eigenvalue weighted by Crippen LogP contribution is -2.16. The highest BCUT2D eigenvalue weighted by atomic mass is 32.2. The number of aromatic nitrogens is 4. The van der Waals surface area contributed by atoms with Crippen LogP contribution in [0.25, 0.3) is 5.82 Å². The van der Waals surface area contributed by atoms with E-state index in [-0.39, 0.29) is 17.1 Å². The van der Waals surface area contributed by atoms with Crippen LogP contribution < -0.4 is 9.46 Å². The number of nitrogens with zero attached hydrogens (tertiary/aromatic N) is 4. The molecule has 0 radical (unpaired) electrons. The maximum Gasteiger partial charge on any atom is 0.237 e. The molecule has 8 nitrogen and oxygen atoms in total. The third kappa shape index (κ3) is 5.20. The average molecular weight is 443 g/mol. The fraction of sp³-hybridized carbons (Fsp3) is 0.0500. The summed E-state index contributed by atoms with van der Waals surface area (Å²) in [6.07, 6.45) is 4.67. The first-order valence-electron chi connectivity index (χ1n) is 8.92. The number of nitrogens with one attached hydrogen (secondary N) is 1. The molecule has 0 atom stereocenters. The lowest BCUT2D eigenvalue weighted by Gasteiger charge is -2.10. The highest BCUT2D eigenvalue weighted by molar-refractivity contribution is 7.91. The van der Waals surface area contributed by atoms with E-state index in [4.69, 9.17) is 4.74 Å². The van der Waals surface area contributed by atoms with Crippen molar-refractivity contribution in [3.05, 3.63) is 90.5 Å². The first kappa shape index (κ1) is 20.4. The lowest BCUT2D eigenvalue weighted by molar-refractivity contribution is 0.460. The molecule has 2 heterocycles. The Morgan fingerprint density at radius 1 is 1.03 bits per heavy atom. The largest absolute Gasteiger partial charge is 0.439 e. The Morgan fingerprint density at radius 3 is 2.58 bits per heavy atom.